The molecule has 0 fully saturated rings. The zero-order valence-electron chi connectivity index (χ0n) is 16.4. The highest BCUT2D eigenvalue weighted by Crippen LogP contribution is 2.34. The van der Waals surface area contributed by atoms with Gasteiger partial charge in [-0.15, -0.1) is 5.10 Å². The van der Waals surface area contributed by atoms with E-state index in [1.54, 1.807) is 30.0 Å². The normalized spacial score (nSPS) is 17.5. The van der Waals surface area contributed by atoms with E-state index >= 15 is 0 Å². The largest absolute Gasteiger partial charge is 0.316 e. The van der Waals surface area contributed by atoms with E-state index in [0.717, 1.165) is 32.8 Å². The van der Waals surface area contributed by atoms with Crippen LogP contribution in [-0.2, 0) is 4.79 Å². The summed E-state index contributed by atoms with van der Waals surface area (Å²) in [5.74, 6) is 0.445. The first-order valence-electron chi connectivity index (χ1n) is 9.07. The van der Waals surface area contributed by atoms with Crippen LogP contribution >= 0.6 is 46.7 Å². The molecule has 0 aliphatic carbocycles. The molecule has 0 radical (unpaired) electrons. The van der Waals surface area contributed by atoms with Crippen LogP contribution in [0.5, 0.6) is 0 Å². The van der Waals surface area contributed by atoms with Crippen LogP contribution in [0.25, 0.3) is 11.8 Å². The molecule has 0 saturated carbocycles. The summed E-state index contributed by atoms with van der Waals surface area (Å²) >= 11 is 15.3. The van der Waals surface area contributed by atoms with Gasteiger partial charge in [-0.25, -0.2) is 0 Å². The maximum absolute atomic E-state index is 12.6. The standard InChI is InChI=1S/C20H17Cl2N5OS2/c1-4-29-20-25-27-17(23)14(18(28)24-19(27)30-20)8-12-7-10(2)26(11(12)3)16-6-5-13(21)9-15(16)22/h5-9,23H,4H2,1-3H3/b14-8+,23-17?. The van der Waals surface area contributed by atoms with E-state index in [9.17, 15) is 4.79 Å². The number of rotatable bonds is 3. The van der Waals surface area contributed by atoms with Crippen molar-refractivity contribution in [2.24, 2.45) is 10.1 Å². The number of fused-ring (bicyclic) bond motifs is 1. The number of carbonyl (C=O) groups excluding carboxylic acids is 1. The van der Waals surface area contributed by atoms with Crippen molar-refractivity contribution in [3.05, 3.63) is 56.8 Å². The molecule has 2 aromatic rings. The summed E-state index contributed by atoms with van der Waals surface area (Å²) < 4.78 is 2.78. The minimum absolute atomic E-state index is 0.0264. The molecule has 0 saturated heterocycles. The van der Waals surface area contributed by atoms with Crippen molar-refractivity contribution in [2.75, 3.05) is 5.75 Å². The number of aryl methyl sites for hydroxylation is 1. The number of thioether (sulfide) groups is 2. The summed E-state index contributed by atoms with van der Waals surface area (Å²) in [7, 11) is 0. The van der Waals surface area contributed by atoms with Crippen LogP contribution in [-0.4, -0.2) is 36.6 Å². The predicted molar refractivity (Wildman–Crippen MR) is 128 cm³/mol. The summed E-state index contributed by atoms with van der Waals surface area (Å²) in [4.78, 5) is 16.8. The molecular weight excluding hydrogens is 461 g/mol. The van der Waals surface area contributed by atoms with Crippen LogP contribution in [0.2, 0.25) is 10.0 Å². The molecule has 0 atom stereocenters. The van der Waals surface area contributed by atoms with E-state index in [0.29, 0.717) is 15.2 Å². The van der Waals surface area contributed by atoms with Gasteiger partial charge in [0.1, 0.15) is 0 Å². The van der Waals surface area contributed by atoms with Crippen molar-refractivity contribution in [1.82, 2.24) is 9.58 Å². The molecule has 6 nitrogen and oxygen atoms in total. The number of amidine groups is 2. The number of nitrogens with zero attached hydrogens (tertiary/aromatic N) is 4. The van der Waals surface area contributed by atoms with Crippen molar-refractivity contribution in [3.8, 4) is 5.69 Å². The second-order valence-corrected chi connectivity index (χ2v) is 9.89. The van der Waals surface area contributed by atoms with E-state index < -0.39 is 5.91 Å². The first-order valence-corrected chi connectivity index (χ1v) is 11.6. The molecule has 0 unspecified atom stereocenters. The van der Waals surface area contributed by atoms with Gasteiger partial charge in [0.15, 0.2) is 10.2 Å². The Bertz CT molecular complexity index is 1180. The quantitative estimate of drug-likeness (QED) is 0.572. The lowest BCUT2D eigenvalue weighted by Crippen LogP contribution is -2.35. The first-order chi connectivity index (χ1) is 14.3. The molecule has 4 rings (SSSR count). The Morgan fingerprint density at radius 2 is 2.03 bits per heavy atom. The smallest absolute Gasteiger partial charge is 0.283 e. The van der Waals surface area contributed by atoms with Crippen molar-refractivity contribution in [2.45, 2.75) is 20.8 Å². The molecule has 10 heteroatoms. The SMILES string of the molecule is CCSC1=NN2C(=N)/C(=C\c3cc(C)n(-c4ccc(Cl)cc4Cl)c3C)C(=O)N=C2S1. The highest BCUT2D eigenvalue weighted by Gasteiger charge is 2.35. The van der Waals surface area contributed by atoms with Gasteiger partial charge in [0.25, 0.3) is 5.91 Å². The van der Waals surface area contributed by atoms with Crippen molar-refractivity contribution >= 4 is 74.1 Å². The Hall–Kier alpha value is -2.00. The van der Waals surface area contributed by atoms with Gasteiger partial charge in [-0.3, -0.25) is 10.2 Å². The number of carbonyl (C=O) groups is 1. The molecule has 1 aromatic carbocycles. The summed E-state index contributed by atoms with van der Waals surface area (Å²) in [5.41, 5.74) is 3.64. The van der Waals surface area contributed by atoms with E-state index in [1.165, 1.54) is 16.8 Å². The lowest BCUT2D eigenvalue weighted by Gasteiger charge is -2.20. The lowest BCUT2D eigenvalue weighted by atomic mass is 10.1. The van der Waals surface area contributed by atoms with Crippen LogP contribution < -0.4 is 0 Å². The van der Waals surface area contributed by atoms with Crippen LogP contribution in [0, 0.1) is 19.3 Å². The van der Waals surface area contributed by atoms with Gasteiger partial charge in [0.2, 0.25) is 5.17 Å². The fourth-order valence-electron chi connectivity index (χ4n) is 3.28. The second-order valence-electron chi connectivity index (χ2n) is 6.58. The molecule has 2 aliphatic heterocycles. The number of nitrogens with one attached hydrogen (secondary N) is 1. The zero-order valence-corrected chi connectivity index (χ0v) is 19.5. The van der Waals surface area contributed by atoms with Gasteiger partial charge in [-0.05, 0) is 67.3 Å². The number of amides is 1. The Balaban J connectivity index is 1.74. The van der Waals surface area contributed by atoms with Gasteiger partial charge in [0.05, 0.1) is 16.3 Å². The molecule has 0 spiro atoms. The number of benzene rings is 1. The summed E-state index contributed by atoms with van der Waals surface area (Å²) in [6.07, 6.45) is 1.69. The maximum Gasteiger partial charge on any atom is 0.283 e. The Kier molecular flexibility index (Phi) is 5.85. The monoisotopic (exact) mass is 477 g/mol. The fraction of sp³-hybridized carbons (Fsp3) is 0.200. The molecule has 0 bridgehead atoms. The van der Waals surface area contributed by atoms with Crippen molar-refractivity contribution < 1.29 is 4.79 Å². The number of aromatic nitrogens is 1. The van der Waals surface area contributed by atoms with E-state index in [4.69, 9.17) is 28.6 Å². The van der Waals surface area contributed by atoms with Gasteiger partial charge in [-0.2, -0.15) is 10.0 Å². The average molecular weight is 478 g/mol. The highest BCUT2D eigenvalue weighted by molar-refractivity contribution is 8.45. The maximum atomic E-state index is 12.6. The molecular formula is C20H17Cl2N5OS2. The predicted octanol–water partition coefficient (Wildman–Crippen LogP) is 5.73. The lowest BCUT2D eigenvalue weighted by molar-refractivity contribution is -0.114. The molecule has 3 heterocycles. The third-order valence-electron chi connectivity index (χ3n) is 4.62. The third-order valence-corrected chi connectivity index (χ3v) is 7.09. The number of hydrogen-bond donors (Lipinski definition) is 1. The minimum atomic E-state index is -0.439. The summed E-state index contributed by atoms with van der Waals surface area (Å²) in [6, 6.07) is 7.29. The Morgan fingerprint density at radius 3 is 2.73 bits per heavy atom. The fourth-order valence-corrected chi connectivity index (χ4v) is 5.60. The molecule has 1 aromatic heterocycles. The summed E-state index contributed by atoms with van der Waals surface area (Å²) in [6.45, 7) is 5.92. The van der Waals surface area contributed by atoms with Crippen molar-refractivity contribution in [3.63, 3.8) is 0 Å². The molecule has 2 aliphatic rings. The Labute approximate surface area is 192 Å². The Morgan fingerprint density at radius 1 is 1.27 bits per heavy atom. The van der Waals surface area contributed by atoms with Gasteiger partial charge < -0.3 is 4.57 Å². The van der Waals surface area contributed by atoms with Crippen LogP contribution in [0.15, 0.2) is 39.9 Å². The first kappa shape index (κ1) is 21.2. The minimum Gasteiger partial charge on any atom is -0.316 e. The van der Waals surface area contributed by atoms with Gasteiger partial charge in [-0.1, -0.05) is 41.9 Å². The van der Waals surface area contributed by atoms with Crippen LogP contribution in [0.1, 0.15) is 23.9 Å². The molecule has 1 N–H and O–H groups in total. The number of hydrogen-bond acceptors (Lipinski definition) is 5. The zero-order chi connectivity index (χ0) is 21.6. The van der Waals surface area contributed by atoms with E-state index in [1.807, 2.05) is 37.5 Å². The average Bonchev–Trinajstić information content (AvgIpc) is 3.20. The number of halogens is 2. The molecule has 30 heavy (non-hydrogen) atoms. The van der Waals surface area contributed by atoms with E-state index in [-0.39, 0.29) is 11.4 Å². The summed E-state index contributed by atoms with van der Waals surface area (Å²) in [5, 5.41) is 15.9. The van der Waals surface area contributed by atoms with Crippen LogP contribution in [0.4, 0.5) is 0 Å². The van der Waals surface area contributed by atoms with Gasteiger partial charge >= 0.3 is 0 Å². The highest BCUT2D eigenvalue weighted by atomic mass is 35.5. The third kappa shape index (κ3) is 3.73. The number of hydrazone groups is 1. The van der Waals surface area contributed by atoms with E-state index in [2.05, 4.69) is 10.1 Å². The molecule has 154 valence electrons. The molecule has 1 amide bonds. The second kappa shape index (κ2) is 8.26. The topological polar surface area (TPSA) is 73.8 Å². The van der Waals surface area contributed by atoms with Crippen LogP contribution in [0.3, 0.4) is 0 Å². The van der Waals surface area contributed by atoms with Crippen molar-refractivity contribution in [1.29, 1.82) is 5.41 Å². The number of aliphatic imine (C=N–C) groups is 1. The van der Waals surface area contributed by atoms with Gasteiger partial charge in [0, 0.05) is 16.4 Å².